The third-order valence-corrected chi connectivity index (χ3v) is 6.73. The lowest BCUT2D eigenvalue weighted by Gasteiger charge is -2.26. The summed E-state index contributed by atoms with van der Waals surface area (Å²) in [6, 6.07) is 7.09. The van der Waals surface area contributed by atoms with Crippen molar-refractivity contribution in [2.75, 3.05) is 31.3 Å². The Morgan fingerprint density at radius 1 is 1.23 bits per heavy atom. The molecule has 1 aliphatic rings. The van der Waals surface area contributed by atoms with Gasteiger partial charge >= 0.3 is 0 Å². The average molecular weight is 383 g/mol. The summed E-state index contributed by atoms with van der Waals surface area (Å²) in [7, 11) is -1.92. The molecule has 1 amide bonds. The van der Waals surface area contributed by atoms with E-state index < -0.39 is 10.0 Å². The molecular formula is C19H30N2O4S. The van der Waals surface area contributed by atoms with Crippen LogP contribution < -0.4 is 10.1 Å². The number of hydrogen-bond acceptors (Lipinski definition) is 4. The molecular weight excluding hydrogens is 352 g/mol. The SMILES string of the molecule is CCCN(CC(=O)Nc1ccccc1OC)S(=O)(=O)CC1CCCCC1. The van der Waals surface area contributed by atoms with Crippen LogP contribution in [0.25, 0.3) is 0 Å². The summed E-state index contributed by atoms with van der Waals surface area (Å²) in [5.74, 6) is 0.558. The van der Waals surface area contributed by atoms with Gasteiger partial charge in [0.25, 0.3) is 0 Å². The number of anilines is 1. The van der Waals surface area contributed by atoms with E-state index in [1.54, 1.807) is 18.2 Å². The van der Waals surface area contributed by atoms with Gasteiger partial charge in [0, 0.05) is 6.54 Å². The number of methoxy groups -OCH3 is 1. The summed E-state index contributed by atoms with van der Waals surface area (Å²) in [4.78, 5) is 12.4. The molecule has 1 aromatic carbocycles. The normalized spacial score (nSPS) is 15.8. The van der Waals surface area contributed by atoms with E-state index in [-0.39, 0.29) is 24.1 Å². The van der Waals surface area contributed by atoms with E-state index in [4.69, 9.17) is 4.74 Å². The van der Waals surface area contributed by atoms with Gasteiger partial charge in [0.1, 0.15) is 5.75 Å². The topological polar surface area (TPSA) is 75.7 Å². The fourth-order valence-electron chi connectivity index (χ4n) is 3.42. The van der Waals surface area contributed by atoms with E-state index in [0.717, 1.165) is 25.7 Å². The number of amides is 1. The van der Waals surface area contributed by atoms with Crippen molar-refractivity contribution in [2.24, 2.45) is 5.92 Å². The van der Waals surface area contributed by atoms with Crippen LogP contribution in [0.2, 0.25) is 0 Å². The van der Waals surface area contributed by atoms with Crippen LogP contribution in [0, 0.1) is 5.92 Å². The lowest BCUT2D eigenvalue weighted by molar-refractivity contribution is -0.116. The highest BCUT2D eigenvalue weighted by atomic mass is 32.2. The van der Waals surface area contributed by atoms with Crippen molar-refractivity contribution < 1.29 is 17.9 Å². The first-order valence-corrected chi connectivity index (χ1v) is 11.0. The Balaban J connectivity index is 2.02. The molecule has 2 rings (SSSR count). The zero-order chi connectivity index (χ0) is 19.0. The smallest absolute Gasteiger partial charge is 0.239 e. The minimum atomic E-state index is -3.45. The monoisotopic (exact) mass is 382 g/mol. The molecule has 1 fully saturated rings. The molecule has 1 aliphatic carbocycles. The van der Waals surface area contributed by atoms with Gasteiger partial charge in [-0.2, -0.15) is 4.31 Å². The van der Waals surface area contributed by atoms with Crippen molar-refractivity contribution in [2.45, 2.75) is 45.4 Å². The van der Waals surface area contributed by atoms with E-state index in [2.05, 4.69) is 5.32 Å². The van der Waals surface area contributed by atoms with Gasteiger partial charge in [-0.1, -0.05) is 38.3 Å². The van der Waals surface area contributed by atoms with Crippen molar-refractivity contribution >= 4 is 21.6 Å². The van der Waals surface area contributed by atoms with Crippen LogP contribution in [0.5, 0.6) is 5.75 Å². The molecule has 146 valence electrons. The highest BCUT2D eigenvalue weighted by Gasteiger charge is 2.28. The first-order chi connectivity index (χ1) is 12.5. The third-order valence-electron chi connectivity index (χ3n) is 4.74. The number of carbonyl (C=O) groups is 1. The zero-order valence-corrected chi connectivity index (χ0v) is 16.6. The minimum Gasteiger partial charge on any atom is -0.495 e. The van der Waals surface area contributed by atoms with Gasteiger partial charge in [-0.05, 0) is 37.3 Å². The maximum atomic E-state index is 12.8. The third kappa shape index (κ3) is 5.99. The van der Waals surface area contributed by atoms with E-state index in [0.29, 0.717) is 24.4 Å². The first kappa shape index (κ1) is 20.7. The fourth-order valence-corrected chi connectivity index (χ4v) is 5.34. The molecule has 0 aliphatic heterocycles. The molecule has 7 heteroatoms. The molecule has 26 heavy (non-hydrogen) atoms. The number of hydrogen-bond donors (Lipinski definition) is 1. The molecule has 0 unspecified atom stereocenters. The number of benzene rings is 1. The Labute approximate surface area is 157 Å². The molecule has 0 heterocycles. The highest BCUT2D eigenvalue weighted by molar-refractivity contribution is 7.89. The van der Waals surface area contributed by atoms with Gasteiger partial charge in [0.15, 0.2) is 0 Å². The second-order valence-corrected chi connectivity index (χ2v) is 8.88. The largest absolute Gasteiger partial charge is 0.495 e. The van der Waals surface area contributed by atoms with Gasteiger partial charge in [-0.15, -0.1) is 0 Å². The Morgan fingerprint density at radius 2 is 1.92 bits per heavy atom. The number of ether oxygens (including phenoxy) is 1. The van der Waals surface area contributed by atoms with Crippen LogP contribution in [-0.2, 0) is 14.8 Å². The maximum absolute atomic E-state index is 12.8. The van der Waals surface area contributed by atoms with E-state index in [1.165, 1.54) is 17.8 Å². The van der Waals surface area contributed by atoms with E-state index >= 15 is 0 Å². The van der Waals surface area contributed by atoms with Crippen LogP contribution >= 0.6 is 0 Å². The van der Waals surface area contributed by atoms with Gasteiger partial charge in [0.05, 0.1) is 25.1 Å². The summed E-state index contributed by atoms with van der Waals surface area (Å²) >= 11 is 0. The van der Waals surface area contributed by atoms with Crippen LogP contribution in [-0.4, -0.2) is 44.6 Å². The Kier molecular flexibility index (Phi) is 7.90. The Bertz CT molecular complexity index is 685. The van der Waals surface area contributed by atoms with Gasteiger partial charge < -0.3 is 10.1 Å². The van der Waals surface area contributed by atoms with Gasteiger partial charge in [-0.25, -0.2) is 8.42 Å². The highest BCUT2D eigenvalue weighted by Crippen LogP contribution is 2.26. The van der Waals surface area contributed by atoms with Crippen molar-refractivity contribution in [1.82, 2.24) is 4.31 Å². The van der Waals surface area contributed by atoms with Gasteiger partial charge in [0.2, 0.25) is 15.9 Å². The predicted molar refractivity (Wildman–Crippen MR) is 104 cm³/mol. The molecule has 0 spiro atoms. The standard InChI is InChI=1S/C19H30N2O4S/c1-3-13-21(26(23,24)15-16-9-5-4-6-10-16)14-19(22)20-17-11-7-8-12-18(17)25-2/h7-8,11-12,16H,3-6,9-10,13-15H2,1-2H3,(H,20,22). The average Bonchev–Trinajstić information content (AvgIpc) is 2.62. The number of para-hydroxylation sites is 2. The minimum absolute atomic E-state index is 0.148. The summed E-state index contributed by atoms with van der Waals surface area (Å²) in [5, 5.41) is 2.76. The lowest BCUT2D eigenvalue weighted by atomic mass is 9.91. The van der Waals surface area contributed by atoms with Crippen LogP contribution in [0.3, 0.4) is 0 Å². The lowest BCUT2D eigenvalue weighted by Crippen LogP contribution is -2.41. The Hall–Kier alpha value is -1.60. The van der Waals surface area contributed by atoms with Crippen molar-refractivity contribution in [1.29, 1.82) is 0 Å². The number of nitrogens with one attached hydrogen (secondary N) is 1. The molecule has 0 saturated heterocycles. The molecule has 0 aromatic heterocycles. The number of sulfonamides is 1. The summed E-state index contributed by atoms with van der Waals surface area (Å²) in [6.45, 7) is 2.11. The molecule has 1 saturated carbocycles. The molecule has 0 bridgehead atoms. The quantitative estimate of drug-likeness (QED) is 0.711. The van der Waals surface area contributed by atoms with E-state index in [1.807, 2.05) is 13.0 Å². The fraction of sp³-hybridized carbons (Fsp3) is 0.632. The van der Waals surface area contributed by atoms with Gasteiger partial charge in [-0.3, -0.25) is 4.79 Å². The molecule has 1 N–H and O–H groups in total. The summed E-state index contributed by atoms with van der Waals surface area (Å²) in [5.41, 5.74) is 0.543. The summed E-state index contributed by atoms with van der Waals surface area (Å²) < 4.78 is 32.2. The maximum Gasteiger partial charge on any atom is 0.239 e. The molecule has 0 atom stereocenters. The van der Waals surface area contributed by atoms with Crippen molar-refractivity contribution in [3.63, 3.8) is 0 Å². The predicted octanol–water partition coefficient (Wildman–Crippen LogP) is 3.26. The Morgan fingerprint density at radius 3 is 2.58 bits per heavy atom. The van der Waals surface area contributed by atoms with E-state index in [9.17, 15) is 13.2 Å². The number of carbonyl (C=O) groups excluding carboxylic acids is 1. The number of nitrogens with zero attached hydrogens (tertiary/aromatic N) is 1. The molecule has 0 radical (unpaired) electrons. The van der Waals surface area contributed by atoms with Crippen LogP contribution in [0.15, 0.2) is 24.3 Å². The van der Waals surface area contributed by atoms with Crippen LogP contribution in [0.1, 0.15) is 45.4 Å². The first-order valence-electron chi connectivity index (χ1n) is 9.37. The second-order valence-electron chi connectivity index (χ2n) is 6.86. The summed E-state index contributed by atoms with van der Waals surface area (Å²) in [6.07, 6.45) is 5.99. The second kappa shape index (κ2) is 9.92. The van der Waals surface area contributed by atoms with Crippen molar-refractivity contribution in [3.05, 3.63) is 24.3 Å². The van der Waals surface area contributed by atoms with Crippen LogP contribution in [0.4, 0.5) is 5.69 Å². The van der Waals surface area contributed by atoms with Crippen molar-refractivity contribution in [3.8, 4) is 5.75 Å². The number of rotatable bonds is 9. The molecule has 1 aromatic rings. The zero-order valence-electron chi connectivity index (χ0n) is 15.7. The molecule has 6 nitrogen and oxygen atoms in total.